The molecule has 4 aromatic rings. The molecule has 0 saturated carbocycles. The molecule has 0 bridgehead atoms. The van der Waals surface area contributed by atoms with Gasteiger partial charge in [-0.2, -0.15) is 0 Å². The molecule has 0 unspecified atom stereocenters. The first-order valence-electron chi connectivity index (χ1n) is 10.7. The largest absolute Gasteiger partial charge is 0.423 e. The molecule has 0 fully saturated rings. The van der Waals surface area contributed by atoms with Gasteiger partial charge in [-0.25, -0.2) is 22.4 Å². The van der Waals surface area contributed by atoms with Crippen molar-refractivity contribution in [3.05, 3.63) is 124 Å². The van der Waals surface area contributed by atoms with Gasteiger partial charge in [-0.15, -0.1) is 0 Å². The number of carbonyl (C=O) groups is 1. The van der Waals surface area contributed by atoms with Gasteiger partial charge in [0.1, 0.15) is 39.6 Å². The number of carbonyl (C=O) groups excluding carboxylic acids is 1. The van der Waals surface area contributed by atoms with Crippen LogP contribution < -0.4 is 4.74 Å². The van der Waals surface area contributed by atoms with Crippen LogP contribution in [-0.4, -0.2) is 5.97 Å². The quantitative estimate of drug-likeness (QED) is 0.116. The lowest BCUT2D eigenvalue weighted by Crippen LogP contribution is -2.14. The smallest absolute Gasteiger partial charge is 0.349 e. The van der Waals surface area contributed by atoms with Crippen LogP contribution in [0.1, 0.15) is 34.3 Å². The van der Waals surface area contributed by atoms with Crippen molar-refractivity contribution in [3.63, 3.8) is 0 Å². The first-order valence-corrected chi connectivity index (χ1v) is 11.1. The second-order valence-electron chi connectivity index (χ2n) is 8.12. The Hall–Kier alpha value is -3.64. The van der Waals surface area contributed by atoms with Gasteiger partial charge in [0.2, 0.25) is 0 Å². The Kier molecular flexibility index (Phi) is 7.22. The van der Waals surface area contributed by atoms with E-state index in [4.69, 9.17) is 16.3 Å². The summed E-state index contributed by atoms with van der Waals surface area (Å²) in [5.41, 5.74) is 2.09. The second kappa shape index (κ2) is 10.3. The van der Waals surface area contributed by atoms with Crippen molar-refractivity contribution in [1.29, 1.82) is 0 Å². The monoisotopic (exact) mass is 498 g/mol. The zero-order valence-corrected chi connectivity index (χ0v) is 19.3. The van der Waals surface area contributed by atoms with E-state index in [0.717, 1.165) is 24.1 Å². The maximum absolute atomic E-state index is 14.7. The first kappa shape index (κ1) is 24.5. The van der Waals surface area contributed by atoms with Crippen molar-refractivity contribution >= 4 is 17.6 Å². The fraction of sp³-hybridized carbons (Fsp3) is 0.107. The van der Waals surface area contributed by atoms with Gasteiger partial charge in [0.05, 0.1) is 0 Å². The molecule has 4 rings (SSSR count). The molecule has 0 aromatic heterocycles. The van der Waals surface area contributed by atoms with Crippen molar-refractivity contribution < 1.29 is 27.1 Å². The van der Waals surface area contributed by atoms with E-state index in [-0.39, 0.29) is 5.56 Å². The summed E-state index contributed by atoms with van der Waals surface area (Å²) in [4.78, 5) is 12.3. The van der Waals surface area contributed by atoms with Crippen molar-refractivity contribution in [3.8, 4) is 16.9 Å². The minimum Gasteiger partial charge on any atom is -0.423 e. The molecule has 0 saturated heterocycles. The zero-order chi connectivity index (χ0) is 25.1. The van der Waals surface area contributed by atoms with E-state index >= 15 is 0 Å². The molecule has 0 N–H and O–H groups in total. The molecule has 0 aliphatic heterocycles. The van der Waals surface area contributed by atoms with Gasteiger partial charge in [0.15, 0.2) is 0 Å². The van der Waals surface area contributed by atoms with E-state index in [1.165, 1.54) is 5.56 Å². The summed E-state index contributed by atoms with van der Waals surface area (Å²) in [6.45, 7) is 2.12. The highest BCUT2D eigenvalue weighted by atomic mass is 35.5. The summed E-state index contributed by atoms with van der Waals surface area (Å²) < 4.78 is 61.3. The minimum atomic E-state index is -1.43. The van der Waals surface area contributed by atoms with E-state index in [0.29, 0.717) is 23.6 Å². The second-order valence-corrected chi connectivity index (χ2v) is 8.50. The lowest BCUT2D eigenvalue weighted by atomic mass is 9.93. The van der Waals surface area contributed by atoms with Crippen molar-refractivity contribution in [2.75, 3.05) is 0 Å². The predicted octanol–water partition coefficient (Wildman–Crippen LogP) is 8.13. The molecule has 178 valence electrons. The Morgan fingerprint density at radius 1 is 0.800 bits per heavy atom. The predicted molar refractivity (Wildman–Crippen MR) is 127 cm³/mol. The molecule has 1 atom stereocenters. The lowest BCUT2D eigenvalue weighted by molar-refractivity contribution is 0.0724. The summed E-state index contributed by atoms with van der Waals surface area (Å²) >= 11 is 5.38. The van der Waals surface area contributed by atoms with Crippen LogP contribution in [0.15, 0.2) is 78.9 Å². The average Bonchev–Trinajstić information content (AvgIpc) is 2.83. The fourth-order valence-corrected chi connectivity index (χ4v) is 3.88. The molecule has 2 nitrogen and oxygen atoms in total. The summed E-state index contributed by atoms with van der Waals surface area (Å²) in [7, 11) is 0. The number of rotatable bonds is 6. The van der Waals surface area contributed by atoms with E-state index < -0.39 is 45.6 Å². The minimum absolute atomic E-state index is 0.225. The molecule has 0 radical (unpaired) electrons. The molecular formula is C28H19ClF4O2. The Morgan fingerprint density at radius 3 is 1.94 bits per heavy atom. The standard InChI is InChI=1S/C28H19ClF4O2/c1-16(18-5-3-2-4-6-18)11-17-7-9-19(10-8-17)20-12-22(30)26(23(31)13-20)28(34)35-21-14-24(32)27(29)25(33)15-21/h2-10,12-16H,11H2,1H3/t16-/m1/s1. The fourth-order valence-electron chi connectivity index (χ4n) is 3.77. The summed E-state index contributed by atoms with van der Waals surface area (Å²) in [5, 5.41) is -0.785. The van der Waals surface area contributed by atoms with Crippen LogP contribution in [0.25, 0.3) is 11.1 Å². The molecule has 0 heterocycles. The highest BCUT2D eigenvalue weighted by Crippen LogP contribution is 2.29. The molecule has 7 heteroatoms. The highest BCUT2D eigenvalue weighted by Gasteiger charge is 2.22. The SMILES string of the molecule is C[C@H](Cc1ccc(-c2cc(F)c(C(=O)Oc3cc(F)c(Cl)c(F)c3)c(F)c2)cc1)c1ccccc1. The summed E-state index contributed by atoms with van der Waals surface area (Å²) in [6, 6.07) is 20.6. The van der Waals surface area contributed by atoms with Crippen LogP contribution in [0.4, 0.5) is 17.6 Å². The van der Waals surface area contributed by atoms with Crippen LogP contribution in [0.5, 0.6) is 5.75 Å². The number of halogens is 5. The molecule has 35 heavy (non-hydrogen) atoms. The van der Waals surface area contributed by atoms with Gasteiger partial charge in [-0.05, 0) is 46.7 Å². The average molecular weight is 499 g/mol. The zero-order valence-electron chi connectivity index (χ0n) is 18.5. The first-order chi connectivity index (χ1) is 16.7. The summed E-state index contributed by atoms with van der Waals surface area (Å²) in [5.74, 6) is -6.39. The Bertz CT molecular complexity index is 1330. The highest BCUT2D eigenvalue weighted by molar-refractivity contribution is 6.30. The maximum Gasteiger partial charge on any atom is 0.349 e. The topological polar surface area (TPSA) is 26.3 Å². The van der Waals surface area contributed by atoms with Crippen LogP contribution in [0.2, 0.25) is 5.02 Å². The summed E-state index contributed by atoms with van der Waals surface area (Å²) in [6.07, 6.45) is 0.795. The van der Waals surface area contributed by atoms with Crippen molar-refractivity contribution in [1.82, 2.24) is 0 Å². The van der Waals surface area contributed by atoms with Gasteiger partial charge in [-0.3, -0.25) is 0 Å². The van der Waals surface area contributed by atoms with E-state index in [2.05, 4.69) is 19.1 Å². The van der Waals surface area contributed by atoms with E-state index in [1.807, 2.05) is 30.3 Å². The number of esters is 1. The molecule has 0 aliphatic carbocycles. The van der Waals surface area contributed by atoms with Crippen molar-refractivity contribution in [2.24, 2.45) is 0 Å². The number of hydrogen-bond donors (Lipinski definition) is 0. The third-order valence-electron chi connectivity index (χ3n) is 5.61. The van der Waals surface area contributed by atoms with Crippen LogP contribution in [0, 0.1) is 23.3 Å². The van der Waals surface area contributed by atoms with Gasteiger partial charge in [0, 0.05) is 12.1 Å². The van der Waals surface area contributed by atoms with Gasteiger partial charge in [-0.1, -0.05) is 73.1 Å². The Balaban J connectivity index is 1.52. The molecular weight excluding hydrogens is 480 g/mol. The van der Waals surface area contributed by atoms with Gasteiger partial charge in [0.25, 0.3) is 0 Å². The van der Waals surface area contributed by atoms with E-state index in [9.17, 15) is 22.4 Å². The van der Waals surface area contributed by atoms with Crippen LogP contribution in [0.3, 0.4) is 0 Å². The molecule has 0 amide bonds. The van der Waals surface area contributed by atoms with Gasteiger partial charge >= 0.3 is 5.97 Å². The Labute approximate surface area is 204 Å². The number of ether oxygens (including phenoxy) is 1. The Morgan fingerprint density at radius 2 is 1.37 bits per heavy atom. The maximum atomic E-state index is 14.7. The molecule has 4 aromatic carbocycles. The van der Waals surface area contributed by atoms with E-state index in [1.54, 1.807) is 12.1 Å². The number of benzene rings is 4. The third kappa shape index (κ3) is 5.54. The van der Waals surface area contributed by atoms with Crippen LogP contribution in [-0.2, 0) is 6.42 Å². The van der Waals surface area contributed by atoms with Crippen molar-refractivity contribution in [2.45, 2.75) is 19.3 Å². The van der Waals surface area contributed by atoms with Crippen LogP contribution >= 0.6 is 11.6 Å². The lowest BCUT2D eigenvalue weighted by Gasteiger charge is -2.13. The normalized spacial score (nSPS) is 11.8. The number of hydrogen-bond acceptors (Lipinski definition) is 2. The molecule has 0 aliphatic rings. The third-order valence-corrected chi connectivity index (χ3v) is 5.97. The van der Waals surface area contributed by atoms with Gasteiger partial charge < -0.3 is 4.74 Å². The molecule has 0 spiro atoms.